The second kappa shape index (κ2) is 4.17. The number of ether oxygens (including phenoxy) is 4. The standard InChI is InChI=1S/C13H14O5/c1-15-9-3-7-6-17-11-5-12(14)18-13(11)8(7)4-10(9)16-2/h3-4,11,13H,5-6H2,1-2H3/t11-,13+/m1/s1. The van der Waals surface area contributed by atoms with Gasteiger partial charge in [0.2, 0.25) is 0 Å². The Morgan fingerprint density at radius 2 is 1.94 bits per heavy atom. The fourth-order valence-electron chi connectivity index (χ4n) is 2.47. The zero-order valence-electron chi connectivity index (χ0n) is 10.3. The van der Waals surface area contributed by atoms with Gasteiger partial charge < -0.3 is 18.9 Å². The predicted octanol–water partition coefficient (Wildman–Crippen LogP) is 1.59. The molecule has 0 amide bonds. The Hall–Kier alpha value is -1.75. The van der Waals surface area contributed by atoms with E-state index in [2.05, 4.69) is 0 Å². The van der Waals surface area contributed by atoms with Gasteiger partial charge in [0.1, 0.15) is 6.10 Å². The maximum atomic E-state index is 11.3. The number of fused-ring (bicyclic) bond motifs is 3. The SMILES string of the molecule is COc1cc2c(cc1OC)[C@@H]1OC(=O)C[C@H]1OC2. The van der Waals surface area contributed by atoms with Crippen molar-refractivity contribution in [3.63, 3.8) is 0 Å². The summed E-state index contributed by atoms with van der Waals surface area (Å²) in [6.45, 7) is 0.466. The van der Waals surface area contributed by atoms with E-state index in [1.807, 2.05) is 12.1 Å². The molecule has 0 bridgehead atoms. The zero-order chi connectivity index (χ0) is 12.7. The van der Waals surface area contributed by atoms with Crippen molar-refractivity contribution in [3.8, 4) is 11.5 Å². The maximum Gasteiger partial charge on any atom is 0.309 e. The molecule has 0 spiro atoms. The first-order chi connectivity index (χ1) is 8.72. The molecule has 2 heterocycles. The highest BCUT2D eigenvalue weighted by Crippen LogP contribution is 2.42. The summed E-state index contributed by atoms with van der Waals surface area (Å²) in [7, 11) is 3.17. The van der Waals surface area contributed by atoms with Crippen LogP contribution in [0.2, 0.25) is 0 Å². The molecule has 2 atom stereocenters. The summed E-state index contributed by atoms with van der Waals surface area (Å²) in [5, 5.41) is 0. The number of carbonyl (C=O) groups is 1. The molecule has 0 aromatic heterocycles. The van der Waals surface area contributed by atoms with Gasteiger partial charge in [-0.1, -0.05) is 0 Å². The fourth-order valence-corrected chi connectivity index (χ4v) is 2.47. The van der Waals surface area contributed by atoms with E-state index in [9.17, 15) is 4.79 Å². The van der Waals surface area contributed by atoms with Gasteiger partial charge in [-0.2, -0.15) is 0 Å². The number of hydrogen-bond acceptors (Lipinski definition) is 5. The lowest BCUT2D eigenvalue weighted by Gasteiger charge is -2.27. The number of carbonyl (C=O) groups excluding carboxylic acids is 1. The number of rotatable bonds is 2. The highest BCUT2D eigenvalue weighted by Gasteiger charge is 2.41. The number of esters is 1. The van der Waals surface area contributed by atoms with Crippen LogP contribution in [0.3, 0.4) is 0 Å². The van der Waals surface area contributed by atoms with E-state index in [0.29, 0.717) is 24.5 Å². The highest BCUT2D eigenvalue weighted by molar-refractivity contribution is 5.73. The molecule has 1 saturated heterocycles. The average molecular weight is 250 g/mol. The van der Waals surface area contributed by atoms with Gasteiger partial charge in [-0.25, -0.2) is 0 Å². The highest BCUT2D eigenvalue weighted by atomic mass is 16.6. The summed E-state index contributed by atoms with van der Waals surface area (Å²) in [5.74, 6) is 1.08. The Morgan fingerprint density at radius 3 is 2.67 bits per heavy atom. The molecule has 1 fully saturated rings. The molecule has 0 N–H and O–H groups in total. The Balaban J connectivity index is 2.06. The molecule has 96 valence electrons. The molecule has 2 aliphatic rings. The van der Waals surface area contributed by atoms with Crippen molar-refractivity contribution in [2.45, 2.75) is 25.2 Å². The molecular weight excluding hydrogens is 236 g/mol. The van der Waals surface area contributed by atoms with Gasteiger partial charge in [0, 0.05) is 5.56 Å². The van der Waals surface area contributed by atoms with Gasteiger partial charge in [0.05, 0.1) is 27.2 Å². The first-order valence-electron chi connectivity index (χ1n) is 5.79. The second-order valence-corrected chi connectivity index (χ2v) is 4.37. The fraction of sp³-hybridized carbons (Fsp3) is 0.462. The largest absolute Gasteiger partial charge is 0.493 e. The van der Waals surface area contributed by atoms with Crippen molar-refractivity contribution in [3.05, 3.63) is 23.3 Å². The van der Waals surface area contributed by atoms with Crippen molar-refractivity contribution >= 4 is 5.97 Å². The molecule has 1 aromatic carbocycles. The third kappa shape index (κ3) is 1.62. The van der Waals surface area contributed by atoms with Crippen LogP contribution in [0.4, 0.5) is 0 Å². The molecule has 0 unspecified atom stereocenters. The summed E-state index contributed by atoms with van der Waals surface area (Å²) in [6, 6.07) is 3.74. The Kier molecular flexibility index (Phi) is 2.63. The Morgan fingerprint density at radius 1 is 1.22 bits per heavy atom. The van der Waals surface area contributed by atoms with Crippen molar-refractivity contribution in [2.75, 3.05) is 14.2 Å². The normalized spacial score (nSPS) is 25.1. The van der Waals surface area contributed by atoms with E-state index in [0.717, 1.165) is 11.1 Å². The topological polar surface area (TPSA) is 54.0 Å². The van der Waals surface area contributed by atoms with Crippen molar-refractivity contribution in [1.29, 1.82) is 0 Å². The maximum absolute atomic E-state index is 11.3. The van der Waals surface area contributed by atoms with Crippen LogP contribution in [0.15, 0.2) is 12.1 Å². The van der Waals surface area contributed by atoms with Gasteiger partial charge in [-0.05, 0) is 17.7 Å². The molecule has 2 aliphatic heterocycles. The third-order valence-corrected chi connectivity index (χ3v) is 3.37. The first-order valence-corrected chi connectivity index (χ1v) is 5.79. The van der Waals surface area contributed by atoms with Crippen LogP contribution >= 0.6 is 0 Å². The lowest BCUT2D eigenvalue weighted by molar-refractivity contribution is -0.142. The van der Waals surface area contributed by atoms with Crippen LogP contribution in [0.5, 0.6) is 11.5 Å². The summed E-state index contributed by atoms with van der Waals surface area (Å²) in [4.78, 5) is 11.3. The molecule has 5 nitrogen and oxygen atoms in total. The van der Waals surface area contributed by atoms with E-state index in [4.69, 9.17) is 18.9 Å². The molecule has 3 rings (SSSR count). The van der Waals surface area contributed by atoms with Crippen LogP contribution in [0.25, 0.3) is 0 Å². The minimum atomic E-state index is -0.318. The summed E-state index contributed by atoms with van der Waals surface area (Å²) in [6.07, 6.45) is -0.178. The summed E-state index contributed by atoms with van der Waals surface area (Å²) < 4.78 is 21.5. The molecular formula is C13H14O5. The molecule has 5 heteroatoms. The van der Waals surface area contributed by atoms with E-state index >= 15 is 0 Å². The second-order valence-electron chi connectivity index (χ2n) is 4.37. The smallest absolute Gasteiger partial charge is 0.309 e. The molecule has 0 radical (unpaired) electrons. The van der Waals surface area contributed by atoms with Crippen molar-refractivity contribution in [1.82, 2.24) is 0 Å². The zero-order valence-corrected chi connectivity index (χ0v) is 10.3. The lowest BCUT2D eigenvalue weighted by atomic mass is 9.95. The lowest BCUT2D eigenvalue weighted by Crippen LogP contribution is -2.24. The van der Waals surface area contributed by atoms with Crippen LogP contribution in [-0.2, 0) is 20.9 Å². The Labute approximate surface area is 105 Å². The molecule has 0 aliphatic carbocycles. The quantitative estimate of drug-likeness (QED) is 0.746. The van der Waals surface area contributed by atoms with Gasteiger partial charge in [0.25, 0.3) is 0 Å². The molecule has 1 aromatic rings. The number of hydrogen-bond donors (Lipinski definition) is 0. The van der Waals surface area contributed by atoms with E-state index in [1.54, 1.807) is 14.2 Å². The van der Waals surface area contributed by atoms with E-state index < -0.39 is 0 Å². The van der Waals surface area contributed by atoms with Crippen LogP contribution in [0, 0.1) is 0 Å². The summed E-state index contributed by atoms with van der Waals surface area (Å²) in [5.41, 5.74) is 1.93. The Bertz CT molecular complexity index is 496. The van der Waals surface area contributed by atoms with Crippen LogP contribution in [-0.4, -0.2) is 26.3 Å². The van der Waals surface area contributed by atoms with Crippen LogP contribution in [0.1, 0.15) is 23.7 Å². The van der Waals surface area contributed by atoms with E-state index in [-0.39, 0.29) is 18.2 Å². The van der Waals surface area contributed by atoms with Gasteiger partial charge in [-0.15, -0.1) is 0 Å². The minimum absolute atomic E-state index is 0.178. The predicted molar refractivity (Wildman–Crippen MR) is 61.6 cm³/mol. The average Bonchev–Trinajstić information content (AvgIpc) is 2.77. The first kappa shape index (κ1) is 11.3. The monoisotopic (exact) mass is 250 g/mol. The minimum Gasteiger partial charge on any atom is -0.493 e. The number of benzene rings is 1. The molecule has 18 heavy (non-hydrogen) atoms. The van der Waals surface area contributed by atoms with Crippen molar-refractivity contribution in [2.24, 2.45) is 0 Å². The van der Waals surface area contributed by atoms with Crippen LogP contribution < -0.4 is 9.47 Å². The summed E-state index contributed by atoms with van der Waals surface area (Å²) >= 11 is 0. The van der Waals surface area contributed by atoms with Gasteiger partial charge >= 0.3 is 5.97 Å². The molecule has 0 saturated carbocycles. The third-order valence-electron chi connectivity index (χ3n) is 3.37. The number of methoxy groups -OCH3 is 2. The van der Waals surface area contributed by atoms with Crippen molar-refractivity contribution < 1.29 is 23.7 Å². The van der Waals surface area contributed by atoms with Gasteiger partial charge in [-0.3, -0.25) is 4.79 Å². The van der Waals surface area contributed by atoms with E-state index in [1.165, 1.54) is 0 Å². The van der Waals surface area contributed by atoms with Gasteiger partial charge in [0.15, 0.2) is 17.6 Å².